The molecule has 0 N–H and O–H groups in total. The summed E-state index contributed by atoms with van der Waals surface area (Å²) in [6, 6.07) is 6.42. The topological polar surface area (TPSA) is 42.0 Å². The number of likely N-dealkylation sites (tertiary alicyclic amines) is 1. The Bertz CT molecular complexity index is 541. The van der Waals surface area contributed by atoms with Gasteiger partial charge >= 0.3 is 0 Å². The molecule has 23 heavy (non-hydrogen) atoms. The number of ether oxygens (including phenoxy) is 2. The van der Waals surface area contributed by atoms with Gasteiger partial charge in [0.05, 0.1) is 19.6 Å². The zero-order valence-corrected chi connectivity index (χ0v) is 13.9. The molecule has 3 rings (SSSR count). The van der Waals surface area contributed by atoms with E-state index in [1.807, 2.05) is 4.90 Å². The van der Waals surface area contributed by atoms with Crippen LogP contribution >= 0.6 is 0 Å². The molecule has 1 amide bonds. The molecule has 0 radical (unpaired) electrons. The van der Waals surface area contributed by atoms with Crippen molar-refractivity contribution in [2.75, 3.05) is 40.0 Å². The summed E-state index contributed by atoms with van der Waals surface area (Å²) >= 11 is 0. The van der Waals surface area contributed by atoms with Crippen molar-refractivity contribution >= 4 is 5.91 Å². The smallest absolute Gasteiger partial charge is 0.225 e. The van der Waals surface area contributed by atoms with Crippen LogP contribution in [0.15, 0.2) is 18.2 Å². The Morgan fingerprint density at radius 3 is 2.87 bits per heavy atom. The minimum absolute atomic E-state index is 0.133. The Hall–Kier alpha value is -1.59. The SMILES string of the molecule is COCCC(=O)N1CCOc2ccc(CN3CCCC3)cc2C1. The van der Waals surface area contributed by atoms with E-state index in [1.165, 1.54) is 31.5 Å². The Morgan fingerprint density at radius 2 is 2.09 bits per heavy atom. The molecular weight excluding hydrogens is 292 g/mol. The monoisotopic (exact) mass is 318 g/mol. The van der Waals surface area contributed by atoms with Gasteiger partial charge in [-0.05, 0) is 43.6 Å². The highest BCUT2D eigenvalue weighted by Gasteiger charge is 2.20. The van der Waals surface area contributed by atoms with Crippen LogP contribution in [0, 0.1) is 0 Å². The van der Waals surface area contributed by atoms with Gasteiger partial charge in [0.2, 0.25) is 5.91 Å². The van der Waals surface area contributed by atoms with Crippen LogP contribution < -0.4 is 4.74 Å². The first-order chi connectivity index (χ1) is 11.3. The Morgan fingerprint density at radius 1 is 1.26 bits per heavy atom. The molecule has 0 aliphatic carbocycles. The fourth-order valence-electron chi connectivity index (χ4n) is 3.31. The molecule has 2 heterocycles. The number of carbonyl (C=O) groups is 1. The summed E-state index contributed by atoms with van der Waals surface area (Å²) < 4.78 is 10.8. The van der Waals surface area contributed by atoms with E-state index in [9.17, 15) is 4.79 Å². The quantitative estimate of drug-likeness (QED) is 0.833. The molecule has 0 saturated carbocycles. The summed E-state index contributed by atoms with van der Waals surface area (Å²) in [5, 5.41) is 0. The summed E-state index contributed by atoms with van der Waals surface area (Å²) in [4.78, 5) is 16.6. The van der Waals surface area contributed by atoms with Crippen LogP contribution in [0.4, 0.5) is 0 Å². The predicted molar refractivity (Wildman–Crippen MR) is 88.4 cm³/mol. The number of hydrogen-bond donors (Lipinski definition) is 0. The molecule has 1 fully saturated rings. The number of hydrogen-bond acceptors (Lipinski definition) is 4. The van der Waals surface area contributed by atoms with Crippen LogP contribution in [0.2, 0.25) is 0 Å². The van der Waals surface area contributed by atoms with Crippen molar-refractivity contribution in [3.63, 3.8) is 0 Å². The number of rotatable bonds is 5. The molecule has 1 aromatic carbocycles. The van der Waals surface area contributed by atoms with E-state index in [4.69, 9.17) is 9.47 Å². The third-order valence-electron chi connectivity index (χ3n) is 4.58. The number of amides is 1. The van der Waals surface area contributed by atoms with Gasteiger partial charge in [-0.1, -0.05) is 6.07 Å². The van der Waals surface area contributed by atoms with Crippen molar-refractivity contribution < 1.29 is 14.3 Å². The van der Waals surface area contributed by atoms with Gasteiger partial charge in [-0.3, -0.25) is 9.69 Å². The zero-order valence-electron chi connectivity index (χ0n) is 13.9. The molecule has 0 bridgehead atoms. The lowest BCUT2D eigenvalue weighted by Crippen LogP contribution is -2.33. The van der Waals surface area contributed by atoms with Gasteiger partial charge in [0.25, 0.3) is 0 Å². The molecule has 1 aromatic rings. The highest BCUT2D eigenvalue weighted by Crippen LogP contribution is 2.26. The first-order valence-electron chi connectivity index (χ1n) is 8.50. The normalized spacial score (nSPS) is 18.4. The van der Waals surface area contributed by atoms with Crippen molar-refractivity contribution in [2.24, 2.45) is 0 Å². The maximum absolute atomic E-state index is 12.3. The van der Waals surface area contributed by atoms with Crippen molar-refractivity contribution in [1.29, 1.82) is 0 Å². The van der Waals surface area contributed by atoms with Crippen LogP contribution in [-0.4, -0.2) is 55.7 Å². The molecule has 1 saturated heterocycles. The zero-order chi connectivity index (χ0) is 16.1. The molecule has 2 aliphatic heterocycles. The summed E-state index contributed by atoms with van der Waals surface area (Å²) in [5.74, 6) is 1.05. The van der Waals surface area contributed by atoms with E-state index in [1.54, 1.807) is 7.11 Å². The standard InChI is InChI=1S/C18H26N2O3/c1-22-10-6-18(21)20-9-11-23-17-5-4-15(12-16(17)14-20)13-19-7-2-3-8-19/h4-5,12H,2-3,6-11,13-14H2,1H3. The van der Waals surface area contributed by atoms with Crippen LogP contribution in [0.25, 0.3) is 0 Å². The van der Waals surface area contributed by atoms with E-state index >= 15 is 0 Å². The van der Waals surface area contributed by atoms with Gasteiger partial charge in [-0.2, -0.15) is 0 Å². The number of carbonyl (C=O) groups excluding carboxylic acids is 1. The van der Waals surface area contributed by atoms with Gasteiger partial charge in [0.15, 0.2) is 0 Å². The number of benzene rings is 1. The van der Waals surface area contributed by atoms with Gasteiger partial charge in [0, 0.05) is 25.8 Å². The van der Waals surface area contributed by atoms with Crippen molar-refractivity contribution in [2.45, 2.75) is 32.4 Å². The number of methoxy groups -OCH3 is 1. The van der Waals surface area contributed by atoms with Crippen LogP contribution in [0.3, 0.4) is 0 Å². The third-order valence-corrected chi connectivity index (χ3v) is 4.58. The average Bonchev–Trinajstić information content (AvgIpc) is 2.97. The molecule has 2 aliphatic rings. The predicted octanol–water partition coefficient (Wildman–Crippen LogP) is 2.04. The minimum Gasteiger partial charge on any atom is -0.491 e. The van der Waals surface area contributed by atoms with Crippen LogP contribution in [0.5, 0.6) is 5.75 Å². The number of nitrogens with zero attached hydrogens (tertiary/aromatic N) is 2. The molecule has 0 atom stereocenters. The molecule has 5 heteroatoms. The fraction of sp³-hybridized carbons (Fsp3) is 0.611. The van der Waals surface area contributed by atoms with Gasteiger partial charge < -0.3 is 14.4 Å². The minimum atomic E-state index is 0.133. The number of fused-ring (bicyclic) bond motifs is 1. The maximum atomic E-state index is 12.3. The van der Waals surface area contributed by atoms with Crippen molar-refractivity contribution in [1.82, 2.24) is 9.80 Å². The van der Waals surface area contributed by atoms with Gasteiger partial charge in [-0.25, -0.2) is 0 Å². The van der Waals surface area contributed by atoms with Gasteiger partial charge in [0.1, 0.15) is 12.4 Å². The fourth-order valence-corrected chi connectivity index (χ4v) is 3.31. The molecular formula is C18H26N2O3. The van der Waals surface area contributed by atoms with Crippen molar-refractivity contribution in [3.05, 3.63) is 29.3 Å². The molecule has 0 spiro atoms. The Balaban J connectivity index is 1.69. The van der Waals surface area contributed by atoms with Crippen LogP contribution in [-0.2, 0) is 22.6 Å². The van der Waals surface area contributed by atoms with E-state index < -0.39 is 0 Å². The van der Waals surface area contributed by atoms with Crippen molar-refractivity contribution in [3.8, 4) is 5.75 Å². The second-order valence-corrected chi connectivity index (χ2v) is 6.33. The lowest BCUT2D eigenvalue weighted by atomic mass is 10.1. The lowest BCUT2D eigenvalue weighted by Gasteiger charge is -2.20. The molecule has 0 unspecified atom stereocenters. The summed E-state index contributed by atoms with van der Waals surface area (Å²) in [7, 11) is 1.62. The summed E-state index contributed by atoms with van der Waals surface area (Å²) in [6.45, 7) is 5.66. The maximum Gasteiger partial charge on any atom is 0.225 e. The largest absolute Gasteiger partial charge is 0.491 e. The van der Waals surface area contributed by atoms with E-state index in [2.05, 4.69) is 23.1 Å². The molecule has 0 aromatic heterocycles. The second-order valence-electron chi connectivity index (χ2n) is 6.33. The van der Waals surface area contributed by atoms with E-state index in [0.717, 1.165) is 17.9 Å². The van der Waals surface area contributed by atoms with Crippen LogP contribution in [0.1, 0.15) is 30.4 Å². The van der Waals surface area contributed by atoms with E-state index in [-0.39, 0.29) is 5.91 Å². The third kappa shape index (κ3) is 4.24. The second kappa shape index (κ2) is 7.79. The lowest BCUT2D eigenvalue weighted by molar-refractivity contribution is -0.132. The first kappa shape index (κ1) is 16.3. The van der Waals surface area contributed by atoms with Gasteiger partial charge in [-0.15, -0.1) is 0 Å². The highest BCUT2D eigenvalue weighted by molar-refractivity contribution is 5.76. The molecule has 5 nitrogen and oxygen atoms in total. The highest BCUT2D eigenvalue weighted by atomic mass is 16.5. The Kier molecular flexibility index (Phi) is 5.51. The average molecular weight is 318 g/mol. The molecule has 126 valence electrons. The first-order valence-corrected chi connectivity index (χ1v) is 8.50. The van der Waals surface area contributed by atoms with E-state index in [0.29, 0.717) is 32.7 Å². The Labute approximate surface area is 138 Å². The summed E-state index contributed by atoms with van der Waals surface area (Å²) in [5.41, 5.74) is 2.42. The summed E-state index contributed by atoms with van der Waals surface area (Å²) in [6.07, 6.45) is 3.03.